The van der Waals surface area contributed by atoms with Crippen molar-refractivity contribution < 1.29 is 14.3 Å². The number of carbonyl (C=O) groups excluding carboxylic acids is 1. The maximum absolute atomic E-state index is 12.5. The largest absolute Gasteiger partial charge is 0.490 e. The second-order valence-corrected chi connectivity index (χ2v) is 6.74. The van der Waals surface area contributed by atoms with Gasteiger partial charge in [-0.15, -0.1) is 0 Å². The molecule has 2 aromatic carbocycles. The second kappa shape index (κ2) is 8.78. The molecule has 0 saturated heterocycles. The molecule has 0 aliphatic rings. The SMILES string of the molecule is CCOc1cc(C(=O)Nc2cc(Cl)ccc2Cl)cc(I)c1OCC. The number of benzene rings is 2. The zero-order valence-corrected chi connectivity index (χ0v) is 16.8. The predicted molar refractivity (Wildman–Crippen MR) is 106 cm³/mol. The van der Waals surface area contributed by atoms with Gasteiger partial charge >= 0.3 is 0 Å². The van der Waals surface area contributed by atoms with Crippen molar-refractivity contribution in [3.63, 3.8) is 0 Å². The second-order valence-electron chi connectivity index (χ2n) is 4.73. The lowest BCUT2D eigenvalue weighted by molar-refractivity contribution is 0.102. The predicted octanol–water partition coefficient (Wildman–Crippen LogP) is 5.65. The first-order valence-corrected chi connectivity index (χ1v) is 9.15. The molecule has 0 heterocycles. The molecule has 0 aromatic heterocycles. The Hall–Kier alpha value is -1.18. The van der Waals surface area contributed by atoms with Crippen LogP contribution in [0.4, 0.5) is 5.69 Å². The van der Waals surface area contributed by atoms with Gasteiger partial charge in [-0.2, -0.15) is 0 Å². The highest BCUT2D eigenvalue weighted by atomic mass is 127. The number of amides is 1. The standard InChI is InChI=1S/C17H16Cl2INO3/c1-3-23-15-8-10(7-13(20)16(15)24-4-2)17(22)21-14-9-11(18)5-6-12(14)19/h5-9H,3-4H2,1-2H3,(H,21,22). The van der Waals surface area contributed by atoms with Crippen LogP contribution >= 0.6 is 45.8 Å². The van der Waals surface area contributed by atoms with Gasteiger partial charge in [0.15, 0.2) is 11.5 Å². The van der Waals surface area contributed by atoms with Crippen LogP contribution in [0.15, 0.2) is 30.3 Å². The van der Waals surface area contributed by atoms with Gasteiger partial charge in [-0.25, -0.2) is 0 Å². The van der Waals surface area contributed by atoms with E-state index in [1.54, 1.807) is 30.3 Å². The van der Waals surface area contributed by atoms with Crippen LogP contribution in [0.3, 0.4) is 0 Å². The summed E-state index contributed by atoms with van der Waals surface area (Å²) in [6.07, 6.45) is 0. The third kappa shape index (κ3) is 4.68. The number of hydrogen-bond acceptors (Lipinski definition) is 3. The summed E-state index contributed by atoms with van der Waals surface area (Å²) in [4.78, 5) is 12.5. The zero-order valence-electron chi connectivity index (χ0n) is 13.2. The van der Waals surface area contributed by atoms with E-state index in [9.17, 15) is 4.79 Å². The van der Waals surface area contributed by atoms with E-state index < -0.39 is 0 Å². The molecule has 0 saturated carbocycles. The van der Waals surface area contributed by atoms with Crippen molar-refractivity contribution in [2.75, 3.05) is 18.5 Å². The highest BCUT2D eigenvalue weighted by Crippen LogP contribution is 2.35. The number of carbonyl (C=O) groups is 1. The molecule has 0 atom stereocenters. The van der Waals surface area contributed by atoms with Crippen LogP contribution in [-0.2, 0) is 0 Å². The third-order valence-electron chi connectivity index (χ3n) is 3.04. The molecule has 0 radical (unpaired) electrons. The van der Waals surface area contributed by atoms with Crippen LogP contribution in [0.25, 0.3) is 0 Å². The fourth-order valence-electron chi connectivity index (χ4n) is 2.03. The fourth-order valence-corrected chi connectivity index (χ4v) is 3.13. The number of anilines is 1. The first-order chi connectivity index (χ1) is 11.5. The Kier molecular flexibility index (Phi) is 7.01. The minimum atomic E-state index is -0.305. The Labute approximate surface area is 164 Å². The lowest BCUT2D eigenvalue weighted by Gasteiger charge is -2.15. The molecule has 2 rings (SSSR count). The first kappa shape index (κ1) is 19.1. The summed E-state index contributed by atoms with van der Waals surface area (Å²) in [5, 5.41) is 3.67. The molecule has 0 spiro atoms. The smallest absolute Gasteiger partial charge is 0.255 e. The molecular weight excluding hydrogens is 464 g/mol. The van der Waals surface area contributed by atoms with Gasteiger partial charge in [-0.3, -0.25) is 4.79 Å². The lowest BCUT2D eigenvalue weighted by atomic mass is 10.1. The van der Waals surface area contributed by atoms with E-state index in [2.05, 4.69) is 27.9 Å². The van der Waals surface area contributed by atoms with Gasteiger partial charge in [0.25, 0.3) is 5.91 Å². The quantitative estimate of drug-likeness (QED) is 0.544. The van der Waals surface area contributed by atoms with Crippen molar-refractivity contribution >= 4 is 57.4 Å². The van der Waals surface area contributed by atoms with Gasteiger partial charge in [-0.05, 0) is 66.8 Å². The number of halogens is 3. The van der Waals surface area contributed by atoms with Gasteiger partial charge in [-0.1, -0.05) is 23.2 Å². The van der Waals surface area contributed by atoms with E-state index in [4.69, 9.17) is 32.7 Å². The summed E-state index contributed by atoms with van der Waals surface area (Å²) in [7, 11) is 0. The number of nitrogens with one attached hydrogen (secondary N) is 1. The highest BCUT2D eigenvalue weighted by Gasteiger charge is 2.16. The Morgan fingerprint density at radius 2 is 1.83 bits per heavy atom. The minimum absolute atomic E-state index is 0.305. The van der Waals surface area contributed by atoms with Gasteiger partial charge in [0.05, 0.1) is 27.5 Å². The van der Waals surface area contributed by atoms with E-state index in [0.29, 0.717) is 46.0 Å². The van der Waals surface area contributed by atoms with E-state index in [1.807, 2.05) is 13.8 Å². The molecular formula is C17H16Cl2INO3. The van der Waals surface area contributed by atoms with E-state index in [0.717, 1.165) is 3.57 Å². The lowest BCUT2D eigenvalue weighted by Crippen LogP contribution is -2.13. The van der Waals surface area contributed by atoms with Crippen molar-refractivity contribution in [3.05, 3.63) is 49.5 Å². The Morgan fingerprint density at radius 1 is 1.12 bits per heavy atom. The zero-order chi connectivity index (χ0) is 17.7. The van der Waals surface area contributed by atoms with Crippen LogP contribution in [0.1, 0.15) is 24.2 Å². The fraction of sp³-hybridized carbons (Fsp3) is 0.235. The van der Waals surface area contributed by atoms with Crippen molar-refractivity contribution in [3.8, 4) is 11.5 Å². The summed E-state index contributed by atoms with van der Waals surface area (Å²) in [6.45, 7) is 4.76. The Bertz CT molecular complexity index is 753. The maximum atomic E-state index is 12.5. The van der Waals surface area contributed by atoms with Gasteiger partial charge in [0.1, 0.15) is 0 Å². The molecule has 24 heavy (non-hydrogen) atoms. The van der Waals surface area contributed by atoms with Crippen molar-refractivity contribution in [1.82, 2.24) is 0 Å². The number of rotatable bonds is 6. The molecule has 1 amide bonds. The molecule has 0 bridgehead atoms. The first-order valence-electron chi connectivity index (χ1n) is 7.31. The van der Waals surface area contributed by atoms with Crippen LogP contribution in [-0.4, -0.2) is 19.1 Å². The Balaban J connectivity index is 2.33. The van der Waals surface area contributed by atoms with Crippen molar-refractivity contribution in [1.29, 1.82) is 0 Å². The third-order valence-corrected chi connectivity index (χ3v) is 4.40. The summed E-state index contributed by atoms with van der Waals surface area (Å²) >= 11 is 14.2. The van der Waals surface area contributed by atoms with E-state index in [-0.39, 0.29) is 5.91 Å². The van der Waals surface area contributed by atoms with Gasteiger partial charge in [0.2, 0.25) is 0 Å². The molecule has 0 aliphatic heterocycles. The van der Waals surface area contributed by atoms with E-state index in [1.165, 1.54) is 0 Å². The van der Waals surface area contributed by atoms with Crippen LogP contribution in [0.5, 0.6) is 11.5 Å². The highest BCUT2D eigenvalue weighted by molar-refractivity contribution is 14.1. The summed E-state index contributed by atoms with van der Waals surface area (Å²) in [5.41, 5.74) is 0.901. The number of hydrogen-bond donors (Lipinski definition) is 1. The molecule has 7 heteroatoms. The molecule has 0 unspecified atom stereocenters. The average molecular weight is 480 g/mol. The molecule has 0 aliphatic carbocycles. The Morgan fingerprint density at radius 3 is 2.50 bits per heavy atom. The van der Waals surface area contributed by atoms with Crippen molar-refractivity contribution in [2.24, 2.45) is 0 Å². The molecule has 4 nitrogen and oxygen atoms in total. The summed E-state index contributed by atoms with van der Waals surface area (Å²) in [5.74, 6) is 0.868. The average Bonchev–Trinajstić information content (AvgIpc) is 2.54. The molecule has 0 fully saturated rings. The monoisotopic (exact) mass is 479 g/mol. The number of ether oxygens (including phenoxy) is 2. The molecule has 128 valence electrons. The summed E-state index contributed by atoms with van der Waals surface area (Å²) < 4.78 is 12.0. The summed E-state index contributed by atoms with van der Waals surface area (Å²) in [6, 6.07) is 8.29. The van der Waals surface area contributed by atoms with E-state index >= 15 is 0 Å². The van der Waals surface area contributed by atoms with Crippen molar-refractivity contribution in [2.45, 2.75) is 13.8 Å². The normalized spacial score (nSPS) is 10.4. The maximum Gasteiger partial charge on any atom is 0.255 e. The minimum Gasteiger partial charge on any atom is -0.490 e. The molecule has 1 N–H and O–H groups in total. The molecule has 2 aromatic rings. The topological polar surface area (TPSA) is 47.6 Å². The van der Waals surface area contributed by atoms with Crippen LogP contribution in [0.2, 0.25) is 10.0 Å². The van der Waals surface area contributed by atoms with Gasteiger partial charge in [0, 0.05) is 10.6 Å². The van der Waals surface area contributed by atoms with Crippen LogP contribution < -0.4 is 14.8 Å². The van der Waals surface area contributed by atoms with Crippen LogP contribution in [0, 0.1) is 3.57 Å². The van der Waals surface area contributed by atoms with Gasteiger partial charge < -0.3 is 14.8 Å².